The summed E-state index contributed by atoms with van der Waals surface area (Å²) in [5.41, 5.74) is 0.547. The van der Waals surface area contributed by atoms with Crippen molar-refractivity contribution in [3.63, 3.8) is 0 Å². The average Bonchev–Trinajstić information content (AvgIpc) is 2.83. The number of ether oxygens (including phenoxy) is 4. The Morgan fingerprint density at radius 1 is 1.00 bits per heavy atom. The lowest BCUT2D eigenvalue weighted by molar-refractivity contribution is -0.139. The molecular formula is C25H35NO9. The minimum atomic E-state index is -1.10. The lowest BCUT2D eigenvalue weighted by Crippen LogP contribution is -2.43. The van der Waals surface area contributed by atoms with Crippen molar-refractivity contribution in [2.45, 2.75) is 90.4 Å². The maximum Gasteiger partial charge on any atom is 0.508 e. The summed E-state index contributed by atoms with van der Waals surface area (Å²) in [6, 6.07) is 3.53. The van der Waals surface area contributed by atoms with Crippen molar-refractivity contribution in [2.24, 2.45) is 0 Å². The summed E-state index contributed by atoms with van der Waals surface area (Å²) in [6.45, 7) is 5.01. The molecule has 1 aromatic rings. The van der Waals surface area contributed by atoms with Gasteiger partial charge in [0.1, 0.15) is 18.2 Å². The minimum absolute atomic E-state index is 0.0439. The SMILES string of the molecule is CCC(=O)Oc1ccc(C[C@H](NCC(C)OC(=O)OC2CCCCC2)C(=O)O)cc1OC(=O)CC. The van der Waals surface area contributed by atoms with E-state index in [9.17, 15) is 24.3 Å². The first-order chi connectivity index (χ1) is 16.7. The predicted octanol–water partition coefficient (Wildman–Crippen LogP) is 3.78. The van der Waals surface area contributed by atoms with Gasteiger partial charge in [0.15, 0.2) is 11.5 Å². The molecule has 1 fully saturated rings. The number of carboxylic acid groups (broad SMARTS) is 1. The van der Waals surface area contributed by atoms with Gasteiger partial charge in [-0.3, -0.25) is 14.4 Å². The normalized spacial score (nSPS) is 15.5. The van der Waals surface area contributed by atoms with Gasteiger partial charge >= 0.3 is 24.1 Å². The Hall–Kier alpha value is -3.14. The van der Waals surface area contributed by atoms with Crippen LogP contribution in [0.1, 0.15) is 71.3 Å². The molecule has 10 heteroatoms. The second-order valence-electron chi connectivity index (χ2n) is 8.50. The molecule has 2 atom stereocenters. The van der Waals surface area contributed by atoms with Crippen LogP contribution in [-0.4, -0.2) is 54.0 Å². The molecule has 194 valence electrons. The third-order valence-electron chi connectivity index (χ3n) is 5.54. The van der Waals surface area contributed by atoms with Crippen molar-refractivity contribution in [3.8, 4) is 11.5 Å². The fourth-order valence-electron chi connectivity index (χ4n) is 3.58. The summed E-state index contributed by atoms with van der Waals surface area (Å²) in [6.07, 6.45) is 3.67. The number of carboxylic acids is 1. The summed E-state index contributed by atoms with van der Waals surface area (Å²) in [5.74, 6) is -1.98. The van der Waals surface area contributed by atoms with Crippen molar-refractivity contribution in [1.29, 1.82) is 0 Å². The Labute approximate surface area is 205 Å². The number of benzene rings is 1. The fourth-order valence-corrected chi connectivity index (χ4v) is 3.58. The molecule has 10 nitrogen and oxygen atoms in total. The molecule has 1 unspecified atom stereocenters. The number of hydrogen-bond donors (Lipinski definition) is 2. The molecule has 2 N–H and O–H groups in total. The monoisotopic (exact) mass is 493 g/mol. The van der Waals surface area contributed by atoms with E-state index < -0.39 is 36.2 Å². The lowest BCUT2D eigenvalue weighted by Gasteiger charge is -2.23. The molecule has 1 saturated carbocycles. The van der Waals surface area contributed by atoms with Gasteiger partial charge in [-0.2, -0.15) is 0 Å². The van der Waals surface area contributed by atoms with Crippen molar-refractivity contribution in [2.75, 3.05) is 6.54 Å². The fraction of sp³-hybridized carbons (Fsp3) is 0.600. The van der Waals surface area contributed by atoms with E-state index in [-0.39, 0.29) is 43.4 Å². The molecule has 1 aliphatic rings. The molecule has 0 heterocycles. The molecule has 0 radical (unpaired) electrons. The zero-order valence-corrected chi connectivity index (χ0v) is 20.5. The second-order valence-corrected chi connectivity index (χ2v) is 8.50. The zero-order chi connectivity index (χ0) is 25.8. The van der Waals surface area contributed by atoms with E-state index in [1.807, 2.05) is 0 Å². The molecule has 0 aromatic heterocycles. The van der Waals surface area contributed by atoms with E-state index in [0.717, 1.165) is 32.1 Å². The summed E-state index contributed by atoms with van der Waals surface area (Å²) in [4.78, 5) is 47.3. The van der Waals surface area contributed by atoms with Crippen LogP contribution in [-0.2, 0) is 30.3 Å². The Kier molecular flexibility index (Phi) is 11.5. The third kappa shape index (κ3) is 9.94. The van der Waals surface area contributed by atoms with Crippen LogP contribution < -0.4 is 14.8 Å². The maximum atomic E-state index is 12.0. The largest absolute Gasteiger partial charge is 0.508 e. The predicted molar refractivity (Wildman–Crippen MR) is 125 cm³/mol. The van der Waals surface area contributed by atoms with Crippen molar-refractivity contribution in [1.82, 2.24) is 5.32 Å². The van der Waals surface area contributed by atoms with Crippen LogP contribution >= 0.6 is 0 Å². The standard InChI is InChI=1S/C25H35NO9/c1-4-22(27)34-20-12-11-17(14-21(20)35-23(28)5-2)13-19(24(29)30)26-15-16(3)32-25(31)33-18-9-7-6-8-10-18/h11-12,14,16,18-19,26H,4-10,13,15H2,1-3H3,(H,29,30)/t16?,19-/m0/s1. The highest BCUT2D eigenvalue weighted by atomic mass is 16.7. The van der Waals surface area contributed by atoms with E-state index in [0.29, 0.717) is 5.56 Å². The van der Waals surface area contributed by atoms with Crippen LogP contribution in [0.25, 0.3) is 0 Å². The van der Waals surface area contributed by atoms with E-state index in [1.165, 1.54) is 12.1 Å². The van der Waals surface area contributed by atoms with Crippen LogP contribution in [0.15, 0.2) is 18.2 Å². The first kappa shape index (κ1) is 28.1. The molecule has 0 bridgehead atoms. The summed E-state index contributed by atoms with van der Waals surface area (Å²) in [7, 11) is 0. The van der Waals surface area contributed by atoms with E-state index >= 15 is 0 Å². The molecule has 0 aliphatic heterocycles. The first-order valence-corrected chi connectivity index (χ1v) is 12.1. The number of hydrogen-bond acceptors (Lipinski definition) is 9. The van der Waals surface area contributed by atoms with Gasteiger partial charge in [0.05, 0.1) is 0 Å². The Bertz CT molecular complexity index is 880. The smallest absolute Gasteiger partial charge is 0.480 e. The lowest BCUT2D eigenvalue weighted by atomic mass is 9.98. The number of rotatable bonds is 12. The Morgan fingerprint density at radius 2 is 1.63 bits per heavy atom. The van der Waals surface area contributed by atoms with Gasteiger partial charge in [0.25, 0.3) is 0 Å². The van der Waals surface area contributed by atoms with Gasteiger partial charge in [0, 0.05) is 19.4 Å². The topological polar surface area (TPSA) is 137 Å². The number of carbonyl (C=O) groups is 4. The molecule has 35 heavy (non-hydrogen) atoms. The average molecular weight is 494 g/mol. The van der Waals surface area contributed by atoms with Gasteiger partial charge in [-0.25, -0.2) is 4.79 Å². The van der Waals surface area contributed by atoms with E-state index in [1.54, 1.807) is 26.8 Å². The van der Waals surface area contributed by atoms with Crippen LogP contribution in [0.3, 0.4) is 0 Å². The second kappa shape index (κ2) is 14.3. The summed E-state index contributed by atoms with van der Waals surface area (Å²) >= 11 is 0. The summed E-state index contributed by atoms with van der Waals surface area (Å²) < 4.78 is 21.1. The highest BCUT2D eigenvalue weighted by Gasteiger charge is 2.23. The number of carbonyl (C=O) groups excluding carboxylic acids is 3. The number of esters is 2. The van der Waals surface area contributed by atoms with Crippen LogP contribution in [0, 0.1) is 0 Å². The van der Waals surface area contributed by atoms with Gasteiger partial charge < -0.3 is 29.4 Å². The quantitative estimate of drug-likeness (QED) is 0.327. The summed E-state index contributed by atoms with van der Waals surface area (Å²) in [5, 5.41) is 12.5. The van der Waals surface area contributed by atoms with Gasteiger partial charge in [-0.05, 0) is 56.7 Å². The molecule has 0 saturated heterocycles. The molecule has 2 rings (SSSR count). The van der Waals surface area contributed by atoms with Crippen LogP contribution in [0.2, 0.25) is 0 Å². The number of aliphatic carboxylic acids is 1. The zero-order valence-electron chi connectivity index (χ0n) is 20.5. The first-order valence-electron chi connectivity index (χ1n) is 12.1. The van der Waals surface area contributed by atoms with E-state index in [2.05, 4.69) is 5.32 Å². The van der Waals surface area contributed by atoms with Crippen molar-refractivity contribution in [3.05, 3.63) is 23.8 Å². The van der Waals surface area contributed by atoms with Crippen molar-refractivity contribution >= 4 is 24.1 Å². The van der Waals surface area contributed by atoms with Gasteiger partial charge in [-0.1, -0.05) is 26.3 Å². The molecule has 1 aromatic carbocycles. The highest BCUT2D eigenvalue weighted by Crippen LogP contribution is 2.30. The van der Waals surface area contributed by atoms with E-state index in [4.69, 9.17) is 18.9 Å². The number of nitrogens with one attached hydrogen (secondary N) is 1. The van der Waals surface area contributed by atoms with Gasteiger partial charge in [0.2, 0.25) is 0 Å². The minimum Gasteiger partial charge on any atom is -0.480 e. The molecule has 1 aliphatic carbocycles. The van der Waals surface area contributed by atoms with Crippen molar-refractivity contribution < 1.29 is 43.2 Å². The maximum absolute atomic E-state index is 12.0. The highest BCUT2D eigenvalue weighted by molar-refractivity contribution is 5.76. The van der Waals surface area contributed by atoms with Gasteiger partial charge in [-0.15, -0.1) is 0 Å². The molecule has 0 amide bonds. The molecular weight excluding hydrogens is 458 g/mol. The third-order valence-corrected chi connectivity index (χ3v) is 5.54. The Balaban J connectivity index is 1.97. The Morgan fingerprint density at radius 3 is 2.23 bits per heavy atom. The van der Waals surface area contributed by atoms with Crippen LogP contribution in [0.5, 0.6) is 11.5 Å². The van der Waals surface area contributed by atoms with Crippen LogP contribution in [0.4, 0.5) is 4.79 Å². The molecule has 0 spiro atoms.